The minimum absolute atomic E-state index is 0.725. The van der Waals surface area contributed by atoms with E-state index in [9.17, 15) is 0 Å². The van der Waals surface area contributed by atoms with Crippen molar-refractivity contribution in [3.63, 3.8) is 0 Å². The van der Waals surface area contributed by atoms with Crippen LogP contribution in [0.4, 0.5) is 0 Å². The molecule has 108 valence electrons. The van der Waals surface area contributed by atoms with Crippen LogP contribution in [0.25, 0.3) is 0 Å². The number of aromatic nitrogens is 2. The average molecular weight is 273 g/mol. The van der Waals surface area contributed by atoms with Gasteiger partial charge in [0.15, 0.2) is 0 Å². The molecular weight excluding hydrogens is 250 g/mol. The number of benzene rings is 1. The zero-order chi connectivity index (χ0) is 14.4. The second kappa shape index (κ2) is 7.22. The molecule has 1 N–H and O–H groups in total. The molecule has 0 fully saturated rings. The SMILES string of the molecule is COCCNCc1cn(Cc2cc(C)ccc2C)cn1. The van der Waals surface area contributed by atoms with Crippen molar-refractivity contribution >= 4 is 0 Å². The lowest BCUT2D eigenvalue weighted by Crippen LogP contribution is -2.18. The maximum atomic E-state index is 5.00. The average Bonchev–Trinajstić information content (AvgIpc) is 2.87. The molecular formula is C16H23N3O. The van der Waals surface area contributed by atoms with Gasteiger partial charge in [0.05, 0.1) is 18.6 Å². The van der Waals surface area contributed by atoms with Crippen molar-refractivity contribution in [1.82, 2.24) is 14.9 Å². The van der Waals surface area contributed by atoms with Crippen LogP contribution in [-0.4, -0.2) is 29.8 Å². The molecule has 1 heterocycles. The van der Waals surface area contributed by atoms with Gasteiger partial charge in [0, 0.05) is 32.9 Å². The zero-order valence-corrected chi connectivity index (χ0v) is 12.5. The number of ether oxygens (including phenoxy) is 1. The zero-order valence-electron chi connectivity index (χ0n) is 12.5. The first-order valence-corrected chi connectivity index (χ1v) is 6.95. The van der Waals surface area contributed by atoms with Crippen LogP contribution in [0.5, 0.6) is 0 Å². The molecule has 0 radical (unpaired) electrons. The third kappa shape index (κ3) is 4.18. The van der Waals surface area contributed by atoms with Gasteiger partial charge in [-0.3, -0.25) is 0 Å². The summed E-state index contributed by atoms with van der Waals surface area (Å²) in [4.78, 5) is 4.42. The molecule has 0 saturated heterocycles. The molecule has 0 unspecified atom stereocenters. The lowest BCUT2D eigenvalue weighted by Gasteiger charge is -2.07. The normalized spacial score (nSPS) is 10.9. The van der Waals surface area contributed by atoms with Gasteiger partial charge in [-0.05, 0) is 25.0 Å². The highest BCUT2D eigenvalue weighted by atomic mass is 16.5. The van der Waals surface area contributed by atoms with E-state index in [1.807, 2.05) is 6.33 Å². The van der Waals surface area contributed by atoms with Gasteiger partial charge in [0.1, 0.15) is 0 Å². The Balaban J connectivity index is 1.93. The van der Waals surface area contributed by atoms with Gasteiger partial charge < -0.3 is 14.6 Å². The van der Waals surface area contributed by atoms with E-state index in [1.165, 1.54) is 16.7 Å². The number of methoxy groups -OCH3 is 1. The van der Waals surface area contributed by atoms with Crippen LogP contribution in [0.2, 0.25) is 0 Å². The minimum atomic E-state index is 0.725. The predicted octanol–water partition coefficient (Wildman–Crippen LogP) is 2.28. The third-order valence-electron chi connectivity index (χ3n) is 3.33. The summed E-state index contributed by atoms with van der Waals surface area (Å²) in [5, 5.41) is 3.30. The Hall–Kier alpha value is -1.65. The van der Waals surface area contributed by atoms with E-state index in [1.54, 1.807) is 7.11 Å². The quantitative estimate of drug-likeness (QED) is 0.787. The number of nitrogens with zero attached hydrogens (tertiary/aromatic N) is 2. The summed E-state index contributed by atoms with van der Waals surface area (Å²) < 4.78 is 7.13. The van der Waals surface area contributed by atoms with Crippen molar-refractivity contribution in [2.75, 3.05) is 20.3 Å². The maximum Gasteiger partial charge on any atom is 0.0953 e. The van der Waals surface area contributed by atoms with Crippen molar-refractivity contribution in [3.8, 4) is 0 Å². The first kappa shape index (κ1) is 14.8. The summed E-state index contributed by atoms with van der Waals surface area (Å²) in [5.41, 5.74) is 5.03. The van der Waals surface area contributed by atoms with E-state index in [0.29, 0.717) is 0 Å². The number of hydrogen-bond acceptors (Lipinski definition) is 3. The Labute approximate surface area is 120 Å². The monoisotopic (exact) mass is 273 g/mol. The molecule has 0 atom stereocenters. The molecule has 0 spiro atoms. The first-order valence-electron chi connectivity index (χ1n) is 6.95. The van der Waals surface area contributed by atoms with Gasteiger partial charge in [-0.25, -0.2) is 4.98 Å². The summed E-state index contributed by atoms with van der Waals surface area (Å²) in [7, 11) is 1.71. The van der Waals surface area contributed by atoms with Crippen molar-refractivity contribution in [3.05, 3.63) is 53.1 Å². The fourth-order valence-corrected chi connectivity index (χ4v) is 2.14. The molecule has 1 aromatic heterocycles. The fraction of sp³-hybridized carbons (Fsp3) is 0.438. The molecule has 0 saturated carbocycles. The van der Waals surface area contributed by atoms with E-state index >= 15 is 0 Å². The predicted molar refractivity (Wildman–Crippen MR) is 80.8 cm³/mol. The molecule has 20 heavy (non-hydrogen) atoms. The van der Waals surface area contributed by atoms with Crippen LogP contribution in [0.15, 0.2) is 30.7 Å². The van der Waals surface area contributed by atoms with E-state index < -0.39 is 0 Å². The van der Waals surface area contributed by atoms with Gasteiger partial charge in [0.2, 0.25) is 0 Å². The summed E-state index contributed by atoms with van der Waals surface area (Å²) >= 11 is 0. The lowest BCUT2D eigenvalue weighted by molar-refractivity contribution is 0.199. The number of aryl methyl sites for hydroxylation is 2. The molecule has 0 amide bonds. The van der Waals surface area contributed by atoms with Gasteiger partial charge in [-0.2, -0.15) is 0 Å². The highest BCUT2D eigenvalue weighted by Gasteiger charge is 2.02. The van der Waals surface area contributed by atoms with Crippen LogP contribution >= 0.6 is 0 Å². The van der Waals surface area contributed by atoms with E-state index in [4.69, 9.17) is 4.74 Å². The number of hydrogen-bond donors (Lipinski definition) is 1. The maximum absolute atomic E-state index is 5.00. The Morgan fingerprint density at radius 2 is 2.15 bits per heavy atom. The first-order chi connectivity index (χ1) is 9.69. The number of rotatable bonds is 7. The summed E-state index contributed by atoms with van der Waals surface area (Å²) in [5.74, 6) is 0. The number of nitrogens with one attached hydrogen (secondary N) is 1. The molecule has 0 aliphatic heterocycles. The molecule has 4 heteroatoms. The second-order valence-corrected chi connectivity index (χ2v) is 5.14. The smallest absolute Gasteiger partial charge is 0.0953 e. The van der Waals surface area contributed by atoms with Gasteiger partial charge >= 0.3 is 0 Å². The van der Waals surface area contributed by atoms with Crippen molar-refractivity contribution in [2.24, 2.45) is 0 Å². The van der Waals surface area contributed by atoms with E-state index in [0.717, 1.165) is 31.9 Å². The van der Waals surface area contributed by atoms with Gasteiger partial charge in [-0.1, -0.05) is 23.8 Å². The highest BCUT2D eigenvalue weighted by Crippen LogP contribution is 2.12. The highest BCUT2D eigenvalue weighted by molar-refractivity contribution is 5.30. The van der Waals surface area contributed by atoms with Crippen LogP contribution in [-0.2, 0) is 17.8 Å². The van der Waals surface area contributed by atoms with Gasteiger partial charge in [0.25, 0.3) is 0 Å². The largest absolute Gasteiger partial charge is 0.383 e. The molecule has 4 nitrogen and oxygen atoms in total. The van der Waals surface area contributed by atoms with Crippen molar-refractivity contribution < 1.29 is 4.74 Å². The second-order valence-electron chi connectivity index (χ2n) is 5.14. The molecule has 0 aliphatic rings. The van der Waals surface area contributed by atoms with E-state index in [-0.39, 0.29) is 0 Å². The summed E-state index contributed by atoms with van der Waals surface area (Å²) in [6.07, 6.45) is 4.00. The van der Waals surface area contributed by atoms with Crippen LogP contribution in [0.1, 0.15) is 22.4 Å². The van der Waals surface area contributed by atoms with Crippen molar-refractivity contribution in [1.29, 1.82) is 0 Å². The topological polar surface area (TPSA) is 39.1 Å². The molecule has 2 aromatic rings. The molecule has 0 aliphatic carbocycles. The Morgan fingerprint density at radius 3 is 2.95 bits per heavy atom. The van der Waals surface area contributed by atoms with Crippen LogP contribution < -0.4 is 5.32 Å². The minimum Gasteiger partial charge on any atom is -0.383 e. The van der Waals surface area contributed by atoms with Gasteiger partial charge in [-0.15, -0.1) is 0 Å². The fourth-order valence-electron chi connectivity index (χ4n) is 2.14. The molecule has 1 aromatic carbocycles. The van der Waals surface area contributed by atoms with E-state index in [2.05, 4.69) is 53.1 Å². The lowest BCUT2D eigenvalue weighted by atomic mass is 10.1. The molecule has 0 bridgehead atoms. The summed E-state index contributed by atoms with van der Waals surface area (Å²) in [6, 6.07) is 6.57. The van der Waals surface area contributed by atoms with Crippen LogP contribution in [0.3, 0.4) is 0 Å². The third-order valence-corrected chi connectivity index (χ3v) is 3.33. The Bertz CT molecular complexity index is 548. The Morgan fingerprint density at radius 1 is 1.30 bits per heavy atom. The van der Waals surface area contributed by atoms with Crippen LogP contribution in [0, 0.1) is 13.8 Å². The molecule has 2 rings (SSSR count). The summed E-state index contributed by atoms with van der Waals surface area (Å²) in [6.45, 7) is 7.51. The standard InChI is InChI=1S/C16H23N3O/c1-13-4-5-14(2)15(8-13)10-19-11-16(18-12-19)9-17-6-7-20-3/h4-5,8,11-12,17H,6-7,9-10H2,1-3H3. The number of imidazole rings is 1. The van der Waals surface area contributed by atoms with Crippen molar-refractivity contribution in [2.45, 2.75) is 26.9 Å². The Kier molecular flexibility index (Phi) is 5.32.